The average Bonchev–Trinajstić information content (AvgIpc) is 3.21. The molecule has 2 heterocycles. The van der Waals surface area contributed by atoms with E-state index in [1.54, 1.807) is 7.11 Å². The molecule has 5 heteroatoms. The van der Waals surface area contributed by atoms with Crippen molar-refractivity contribution in [3.05, 3.63) is 82.9 Å². The number of hydrogen-bond acceptors (Lipinski definition) is 4. The maximum absolute atomic E-state index is 6.42. The maximum Gasteiger partial charge on any atom is 0.143 e. The fourth-order valence-electron chi connectivity index (χ4n) is 4.87. The molecule has 0 spiro atoms. The van der Waals surface area contributed by atoms with Crippen molar-refractivity contribution >= 4 is 23.0 Å². The molecule has 3 aromatic rings. The number of para-hydroxylation sites is 2. The summed E-state index contributed by atoms with van der Waals surface area (Å²) in [5.41, 5.74) is 4.80. The SMILES string of the molecule is COc1ccc(CCN2CCCC2CN2c3cc(Cl)ccc3COc3ccccc32)cc1. The number of methoxy groups -OCH3 is 1. The third-order valence-electron chi connectivity index (χ3n) is 6.62. The quantitative estimate of drug-likeness (QED) is 0.455. The lowest BCUT2D eigenvalue weighted by molar-refractivity contribution is 0.261. The van der Waals surface area contributed by atoms with Crippen LogP contribution in [0.3, 0.4) is 0 Å². The first-order chi connectivity index (χ1) is 15.7. The Bertz CT molecular complexity index is 1070. The summed E-state index contributed by atoms with van der Waals surface area (Å²) in [7, 11) is 1.71. The smallest absolute Gasteiger partial charge is 0.143 e. The summed E-state index contributed by atoms with van der Waals surface area (Å²) in [6.45, 7) is 3.70. The summed E-state index contributed by atoms with van der Waals surface area (Å²) in [6, 6.07) is 23.4. The van der Waals surface area contributed by atoms with Gasteiger partial charge >= 0.3 is 0 Å². The number of likely N-dealkylation sites (tertiary alicyclic amines) is 1. The highest BCUT2D eigenvalue weighted by Crippen LogP contribution is 2.41. The van der Waals surface area contributed by atoms with Gasteiger partial charge in [0.15, 0.2) is 0 Å². The van der Waals surface area contributed by atoms with Crippen LogP contribution in [0.5, 0.6) is 11.5 Å². The van der Waals surface area contributed by atoms with E-state index in [1.165, 1.54) is 24.0 Å². The third-order valence-corrected chi connectivity index (χ3v) is 6.85. The Balaban J connectivity index is 1.36. The summed E-state index contributed by atoms with van der Waals surface area (Å²) in [6.07, 6.45) is 3.49. The first-order valence-corrected chi connectivity index (χ1v) is 11.7. The second-order valence-electron chi connectivity index (χ2n) is 8.57. The van der Waals surface area contributed by atoms with Crippen LogP contribution in [0.4, 0.5) is 11.4 Å². The van der Waals surface area contributed by atoms with Gasteiger partial charge in [0, 0.05) is 35.4 Å². The van der Waals surface area contributed by atoms with Gasteiger partial charge in [-0.2, -0.15) is 0 Å². The normalized spacial score (nSPS) is 17.9. The number of fused-ring (bicyclic) bond motifs is 2. The van der Waals surface area contributed by atoms with E-state index >= 15 is 0 Å². The summed E-state index contributed by atoms with van der Waals surface area (Å²) < 4.78 is 11.4. The molecule has 1 saturated heterocycles. The Morgan fingerprint density at radius 2 is 1.88 bits per heavy atom. The Labute approximate surface area is 195 Å². The van der Waals surface area contributed by atoms with Crippen molar-refractivity contribution in [2.45, 2.75) is 31.9 Å². The first kappa shape index (κ1) is 21.2. The Kier molecular flexibility index (Phi) is 6.24. The highest BCUT2D eigenvalue weighted by atomic mass is 35.5. The summed E-state index contributed by atoms with van der Waals surface area (Å²) in [5, 5.41) is 0.760. The molecule has 1 atom stereocenters. The van der Waals surface area contributed by atoms with Crippen molar-refractivity contribution in [3.8, 4) is 11.5 Å². The highest BCUT2D eigenvalue weighted by Gasteiger charge is 2.30. The Morgan fingerprint density at radius 1 is 1.03 bits per heavy atom. The minimum atomic E-state index is 0.492. The molecule has 2 aliphatic rings. The largest absolute Gasteiger partial charge is 0.497 e. The second-order valence-corrected chi connectivity index (χ2v) is 9.01. The molecule has 1 fully saturated rings. The van der Waals surface area contributed by atoms with Crippen LogP contribution in [0.1, 0.15) is 24.0 Å². The number of halogens is 1. The molecule has 0 amide bonds. The summed E-state index contributed by atoms with van der Waals surface area (Å²) in [4.78, 5) is 5.06. The summed E-state index contributed by atoms with van der Waals surface area (Å²) in [5.74, 6) is 1.84. The molecule has 0 aliphatic carbocycles. The van der Waals surface area contributed by atoms with Gasteiger partial charge in [0.2, 0.25) is 0 Å². The zero-order chi connectivity index (χ0) is 21.9. The first-order valence-electron chi connectivity index (χ1n) is 11.4. The van der Waals surface area contributed by atoms with E-state index in [2.05, 4.69) is 52.3 Å². The van der Waals surface area contributed by atoms with E-state index in [9.17, 15) is 0 Å². The van der Waals surface area contributed by atoms with Crippen LogP contribution in [0.2, 0.25) is 5.02 Å². The monoisotopic (exact) mass is 448 g/mol. The number of nitrogens with zero attached hydrogens (tertiary/aromatic N) is 2. The van der Waals surface area contributed by atoms with Crippen LogP contribution in [0.25, 0.3) is 0 Å². The van der Waals surface area contributed by atoms with E-state index in [-0.39, 0.29) is 0 Å². The minimum absolute atomic E-state index is 0.492. The molecule has 4 nitrogen and oxygen atoms in total. The van der Waals surface area contributed by atoms with Crippen molar-refractivity contribution in [1.82, 2.24) is 4.90 Å². The van der Waals surface area contributed by atoms with Crippen molar-refractivity contribution in [2.75, 3.05) is 31.6 Å². The second kappa shape index (κ2) is 9.43. The number of anilines is 2. The van der Waals surface area contributed by atoms with Crippen LogP contribution in [0, 0.1) is 0 Å². The highest BCUT2D eigenvalue weighted by molar-refractivity contribution is 6.30. The van der Waals surface area contributed by atoms with E-state index in [0.717, 1.165) is 54.0 Å². The molecule has 32 heavy (non-hydrogen) atoms. The average molecular weight is 449 g/mol. The van der Waals surface area contributed by atoms with E-state index in [0.29, 0.717) is 12.6 Å². The van der Waals surface area contributed by atoms with Crippen LogP contribution in [0.15, 0.2) is 66.7 Å². The standard InChI is InChI=1S/C27H29ClN2O2/c1-31-24-12-8-20(9-13-24)14-16-29-15-4-5-23(29)18-30-25-6-2-3-7-27(25)32-19-21-10-11-22(28)17-26(21)30/h2-3,6-13,17,23H,4-5,14-16,18-19H2,1H3. The van der Waals surface area contributed by atoms with Crippen LogP contribution >= 0.6 is 11.6 Å². The van der Waals surface area contributed by atoms with Gasteiger partial charge in [0.1, 0.15) is 18.1 Å². The van der Waals surface area contributed by atoms with E-state index in [1.807, 2.05) is 24.3 Å². The van der Waals surface area contributed by atoms with Gasteiger partial charge in [0.25, 0.3) is 0 Å². The van der Waals surface area contributed by atoms with Crippen LogP contribution < -0.4 is 14.4 Å². The Morgan fingerprint density at radius 3 is 2.72 bits per heavy atom. The molecule has 0 aromatic heterocycles. The topological polar surface area (TPSA) is 24.9 Å². The lowest BCUT2D eigenvalue weighted by atomic mass is 10.1. The van der Waals surface area contributed by atoms with Crippen molar-refractivity contribution in [3.63, 3.8) is 0 Å². The number of hydrogen-bond donors (Lipinski definition) is 0. The predicted molar refractivity (Wildman–Crippen MR) is 131 cm³/mol. The Hall–Kier alpha value is -2.69. The van der Waals surface area contributed by atoms with Crippen molar-refractivity contribution in [1.29, 1.82) is 0 Å². The number of benzene rings is 3. The zero-order valence-corrected chi connectivity index (χ0v) is 19.2. The molecule has 5 rings (SSSR count). The molecule has 2 aliphatic heterocycles. The van der Waals surface area contributed by atoms with Gasteiger partial charge in [-0.3, -0.25) is 4.90 Å². The van der Waals surface area contributed by atoms with E-state index < -0.39 is 0 Å². The molecule has 0 radical (unpaired) electrons. The van der Waals surface area contributed by atoms with Crippen molar-refractivity contribution in [2.24, 2.45) is 0 Å². The third kappa shape index (κ3) is 4.43. The molecular formula is C27H29ClN2O2. The maximum atomic E-state index is 6.42. The number of ether oxygens (including phenoxy) is 2. The molecule has 0 N–H and O–H groups in total. The minimum Gasteiger partial charge on any atom is -0.497 e. The fraction of sp³-hybridized carbons (Fsp3) is 0.333. The lowest BCUT2D eigenvalue weighted by Crippen LogP contribution is -2.39. The molecule has 166 valence electrons. The fourth-order valence-corrected chi connectivity index (χ4v) is 5.03. The van der Waals surface area contributed by atoms with Crippen LogP contribution in [-0.2, 0) is 13.0 Å². The zero-order valence-electron chi connectivity index (χ0n) is 18.5. The molecule has 3 aromatic carbocycles. The lowest BCUT2D eigenvalue weighted by Gasteiger charge is -2.33. The molecule has 1 unspecified atom stereocenters. The van der Waals surface area contributed by atoms with Crippen molar-refractivity contribution < 1.29 is 9.47 Å². The van der Waals surface area contributed by atoms with Gasteiger partial charge in [0.05, 0.1) is 12.8 Å². The molecular weight excluding hydrogens is 420 g/mol. The van der Waals surface area contributed by atoms with E-state index in [4.69, 9.17) is 21.1 Å². The summed E-state index contributed by atoms with van der Waals surface area (Å²) >= 11 is 6.42. The number of rotatable bonds is 6. The van der Waals surface area contributed by atoms with Gasteiger partial charge in [-0.1, -0.05) is 41.9 Å². The van der Waals surface area contributed by atoms with Crippen LogP contribution in [-0.4, -0.2) is 37.7 Å². The van der Waals surface area contributed by atoms with Gasteiger partial charge < -0.3 is 14.4 Å². The van der Waals surface area contributed by atoms with Gasteiger partial charge in [-0.15, -0.1) is 0 Å². The predicted octanol–water partition coefficient (Wildman–Crippen LogP) is 6.09. The molecule has 0 saturated carbocycles. The van der Waals surface area contributed by atoms with Gasteiger partial charge in [-0.05, 0) is 67.8 Å². The molecule has 0 bridgehead atoms. The van der Waals surface area contributed by atoms with Gasteiger partial charge in [-0.25, -0.2) is 0 Å².